The first-order valence-electron chi connectivity index (χ1n) is 10.7. The maximum Gasteiger partial charge on any atom is 0.376 e. The van der Waals surface area contributed by atoms with Crippen LogP contribution in [0.5, 0.6) is 0 Å². The second-order valence-corrected chi connectivity index (χ2v) is 8.95. The van der Waals surface area contributed by atoms with Crippen LogP contribution in [0.3, 0.4) is 0 Å². The van der Waals surface area contributed by atoms with Crippen molar-refractivity contribution in [2.24, 2.45) is 0 Å². The predicted octanol–water partition coefficient (Wildman–Crippen LogP) is 2.99. The molecule has 0 atom stereocenters. The minimum atomic E-state index is -0.389. The summed E-state index contributed by atoms with van der Waals surface area (Å²) in [6, 6.07) is 4.57. The van der Waals surface area contributed by atoms with Crippen LogP contribution >= 0.6 is 15.9 Å². The average Bonchev–Trinajstić information content (AvgIpc) is 3.30. The maximum absolute atomic E-state index is 9.71. The Bertz CT molecular complexity index is 840. The van der Waals surface area contributed by atoms with Gasteiger partial charge in [0.05, 0.1) is 16.4 Å². The van der Waals surface area contributed by atoms with E-state index in [0.717, 1.165) is 48.0 Å². The topological polar surface area (TPSA) is 80.7 Å². The van der Waals surface area contributed by atoms with E-state index in [1.165, 1.54) is 25.7 Å². The lowest BCUT2D eigenvalue weighted by molar-refractivity contribution is 0.344. The predicted molar refractivity (Wildman–Crippen MR) is 126 cm³/mol. The van der Waals surface area contributed by atoms with Crippen molar-refractivity contribution in [1.82, 2.24) is 19.8 Å². The van der Waals surface area contributed by atoms with Crippen molar-refractivity contribution in [3.8, 4) is 0 Å². The summed E-state index contributed by atoms with van der Waals surface area (Å²) < 4.78 is 0.905. The smallest absolute Gasteiger partial charge is 0.376 e. The van der Waals surface area contributed by atoms with Crippen LogP contribution in [0.25, 0.3) is 0 Å². The zero-order valence-electron chi connectivity index (χ0n) is 17.6. The summed E-state index contributed by atoms with van der Waals surface area (Å²) in [6.45, 7) is 5.28. The molecule has 1 aliphatic carbocycles. The SMILES string of the molecule is CB(O)N1CCN(c2ccc(Nc3ncc(Br)c(N(C)C4CCCC4)n3)nc2)CC1. The van der Waals surface area contributed by atoms with E-state index in [1.807, 2.05) is 19.1 Å². The molecule has 0 bridgehead atoms. The number of halogens is 1. The van der Waals surface area contributed by atoms with Gasteiger partial charge >= 0.3 is 7.05 Å². The highest BCUT2D eigenvalue weighted by Gasteiger charge is 2.24. The largest absolute Gasteiger partial charge is 0.437 e. The van der Waals surface area contributed by atoms with E-state index < -0.39 is 0 Å². The first-order valence-corrected chi connectivity index (χ1v) is 11.5. The van der Waals surface area contributed by atoms with Crippen LogP contribution in [-0.4, -0.2) is 71.1 Å². The molecule has 2 aromatic heterocycles. The van der Waals surface area contributed by atoms with Crippen molar-refractivity contribution in [1.29, 1.82) is 0 Å². The summed E-state index contributed by atoms with van der Waals surface area (Å²) in [5.74, 6) is 2.18. The lowest BCUT2D eigenvalue weighted by Crippen LogP contribution is -2.51. The molecule has 30 heavy (non-hydrogen) atoms. The Hall–Kier alpha value is -1.91. The molecule has 2 aromatic rings. The number of rotatable bonds is 6. The molecule has 0 spiro atoms. The Morgan fingerprint density at radius 3 is 2.50 bits per heavy atom. The molecule has 1 saturated carbocycles. The first-order chi connectivity index (χ1) is 14.5. The Morgan fingerprint density at radius 2 is 1.87 bits per heavy atom. The fraction of sp³-hybridized carbons (Fsp3) is 0.550. The van der Waals surface area contributed by atoms with Gasteiger partial charge in [-0.2, -0.15) is 4.98 Å². The zero-order valence-corrected chi connectivity index (χ0v) is 19.2. The molecule has 0 radical (unpaired) electrons. The van der Waals surface area contributed by atoms with Gasteiger partial charge in [0.15, 0.2) is 0 Å². The molecule has 0 unspecified atom stereocenters. The van der Waals surface area contributed by atoms with Gasteiger partial charge < -0.3 is 25.0 Å². The standard InChI is InChI=1S/C20H29BBrN7O/c1-21(30)29-11-9-28(10-12-29)16-7-8-18(23-13-16)25-20-24-14-17(22)19(26-20)27(2)15-5-3-4-6-15/h7-8,13-15,30H,3-6,9-12H2,1-2H3,(H,23,24,25,26). The number of hydrogen-bond donors (Lipinski definition) is 2. The van der Waals surface area contributed by atoms with Crippen molar-refractivity contribution in [2.45, 2.75) is 38.5 Å². The number of anilines is 4. The Balaban J connectivity index is 1.40. The summed E-state index contributed by atoms with van der Waals surface area (Å²) in [7, 11) is 1.72. The molecule has 2 aliphatic rings. The Labute approximate surface area is 187 Å². The summed E-state index contributed by atoms with van der Waals surface area (Å²) in [6.07, 6.45) is 8.67. The lowest BCUT2D eigenvalue weighted by Gasteiger charge is -2.36. The average molecular weight is 474 g/mol. The Morgan fingerprint density at radius 1 is 1.13 bits per heavy atom. The minimum Gasteiger partial charge on any atom is -0.437 e. The molecule has 1 saturated heterocycles. The van der Waals surface area contributed by atoms with Gasteiger partial charge in [-0.15, -0.1) is 0 Å². The van der Waals surface area contributed by atoms with E-state index in [-0.39, 0.29) is 7.05 Å². The van der Waals surface area contributed by atoms with Gasteiger partial charge in [0, 0.05) is 45.5 Å². The molecule has 0 amide bonds. The molecular formula is C20H29BBrN7O. The van der Waals surface area contributed by atoms with Crippen molar-refractivity contribution >= 4 is 46.3 Å². The molecule has 2 fully saturated rings. The van der Waals surface area contributed by atoms with E-state index in [2.05, 4.69) is 58.9 Å². The normalized spacial score (nSPS) is 17.9. The molecule has 1 aliphatic heterocycles. The molecular weight excluding hydrogens is 445 g/mol. The van der Waals surface area contributed by atoms with Crippen LogP contribution < -0.4 is 15.1 Å². The van der Waals surface area contributed by atoms with Crippen LogP contribution in [0.4, 0.5) is 23.3 Å². The van der Waals surface area contributed by atoms with Crippen LogP contribution in [-0.2, 0) is 0 Å². The number of nitrogens with zero attached hydrogens (tertiary/aromatic N) is 6. The molecule has 2 N–H and O–H groups in total. The van der Waals surface area contributed by atoms with Crippen LogP contribution in [0, 0.1) is 0 Å². The second-order valence-electron chi connectivity index (χ2n) is 8.10. The lowest BCUT2D eigenvalue weighted by atomic mass is 9.84. The summed E-state index contributed by atoms with van der Waals surface area (Å²) in [5.41, 5.74) is 1.09. The van der Waals surface area contributed by atoms with Crippen molar-refractivity contribution in [2.75, 3.05) is 48.3 Å². The van der Waals surface area contributed by atoms with E-state index in [9.17, 15) is 5.02 Å². The highest BCUT2D eigenvalue weighted by atomic mass is 79.9. The maximum atomic E-state index is 9.71. The quantitative estimate of drug-likeness (QED) is 0.619. The van der Waals surface area contributed by atoms with Gasteiger partial charge in [0.25, 0.3) is 0 Å². The van der Waals surface area contributed by atoms with Gasteiger partial charge in [0.1, 0.15) is 11.6 Å². The molecule has 4 rings (SSSR count). The Kier molecular flexibility index (Phi) is 6.75. The van der Waals surface area contributed by atoms with Gasteiger partial charge in [-0.1, -0.05) is 12.8 Å². The van der Waals surface area contributed by atoms with Crippen molar-refractivity contribution in [3.63, 3.8) is 0 Å². The van der Waals surface area contributed by atoms with E-state index in [0.29, 0.717) is 12.0 Å². The number of aromatic nitrogens is 3. The number of hydrogen-bond acceptors (Lipinski definition) is 8. The van der Waals surface area contributed by atoms with Gasteiger partial charge in [-0.05, 0) is 47.7 Å². The fourth-order valence-electron chi connectivity index (χ4n) is 4.25. The molecule has 8 nitrogen and oxygen atoms in total. The van der Waals surface area contributed by atoms with Gasteiger partial charge in [-0.3, -0.25) is 0 Å². The summed E-state index contributed by atoms with van der Waals surface area (Å²) >= 11 is 3.60. The molecule has 160 valence electrons. The number of nitrogens with one attached hydrogen (secondary N) is 1. The van der Waals surface area contributed by atoms with Crippen molar-refractivity contribution in [3.05, 3.63) is 29.0 Å². The monoisotopic (exact) mass is 473 g/mol. The van der Waals surface area contributed by atoms with Gasteiger partial charge in [0.2, 0.25) is 5.95 Å². The highest BCUT2D eigenvalue weighted by Crippen LogP contribution is 2.31. The van der Waals surface area contributed by atoms with Gasteiger partial charge in [-0.25, -0.2) is 9.97 Å². The number of piperazine rings is 1. The number of pyridine rings is 1. The van der Waals surface area contributed by atoms with Crippen molar-refractivity contribution < 1.29 is 5.02 Å². The summed E-state index contributed by atoms with van der Waals surface area (Å²) in [4.78, 5) is 20.3. The zero-order chi connectivity index (χ0) is 21.1. The molecule has 3 heterocycles. The van der Waals surface area contributed by atoms with E-state index in [4.69, 9.17) is 4.98 Å². The molecule has 10 heteroatoms. The second kappa shape index (κ2) is 9.49. The van der Waals surface area contributed by atoms with E-state index in [1.54, 1.807) is 6.20 Å². The van der Waals surface area contributed by atoms with Crippen LogP contribution in [0.2, 0.25) is 6.82 Å². The van der Waals surface area contributed by atoms with E-state index >= 15 is 0 Å². The molecule has 0 aromatic carbocycles. The first kappa shape index (κ1) is 21.3. The third kappa shape index (κ3) is 4.87. The van der Waals surface area contributed by atoms with Crippen LogP contribution in [0.1, 0.15) is 25.7 Å². The fourth-order valence-corrected chi connectivity index (χ4v) is 4.72. The third-order valence-corrected chi connectivity index (χ3v) is 6.69. The highest BCUT2D eigenvalue weighted by molar-refractivity contribution is 9.10. The van der Waals surface area contributed by atoms with Crippen LogP contribution in [0.15, 0.2) is 29.0 Å². The third-order valence-electron chi connectivity index (χ3n) is 6.13. The summed E-state index contributed by atoms with van der Waals surface area (Å²) in [5, 5.41) is 12.9. The minimum absolute atomic E-state index is 0.389.